The van der Waals surface area contributed by atoms with Crippen LogP contribution < -0.4 is 0 Å². The highest BCUT2D eigenvalue weighted by Crippen LogP contribution is 2.29. The van der Waals surface area contributed by atoms with Crippen molar-refractivity contribution in [1.29, 1.82) is 0 Å². The minimum atomic E-state index is -0.0801. The molecule has 2 aliphatic rings. The summed E-state index contributed by atoms with van der Waals surface area (Å²) in [6.45, 7) is 3.23. The fourth-order valence-corrected chi connectivity index (χ4v) is 3.87. The summed E-state index contributed by atoms with van der Waals surface area (Å²) in [5, 5.41) is 0. The van der Waals surface area contributed by atoms with E-state index in [-0.39, 0.29) is 23.9 Å². The van der Waals surface area contributed by atoms with Gasteiger partial charge >= 0.3 is 5.97 Å². The molecule has 0 bridgehead atoms. The van der Waals surface area contributed by atoms with Gasteiger partial charge in [-0.15, -0.1) is 0 Å². The first kappa shape index (κ1) is 17.1. The maximum Gasteiger partial charge on any atom is 0.309 e. The van der Waals surface area contributed by atoms with Crippen molar-refractivity contribution in [3.63, 3.8) is 0 Å². The molecule has 1 aliphatic carbocycles. The molecule has 1 aromatic heterocycles. The number of rotatable bonds is 4. The van der Waals surface area contributed by atoms with Gasteiger partial charge < -0.3 is 14.1 Å². The van der Waals surface area contributed by atoms with E-state index in [1.165, 1.54) is 44.6 Å². The van der Waals surface area contributed by atoms with E-state index in [9.17, 15) is 9.59 Å². The number of furan rings is 1. The van der Waals surface area contributed by atoms with Gasteiger partial charge in [-0.2, -0.15) is 0 Å². The molecule has 0 spiro atoms. The lowest BCUT2D eigenvalue weighted by molar-refractivity contribution is -0.157. The molecule has 1 aliphatic heterocycles. The van der Waals surface area contributed by atoms with Crippen LogP contribution in [0.1, 0.15) is 62.2 Å². The zero-order chi connectivity index (χ0) is 16.9. The third-order valence-corrected chi connectivity index (χ3v) is 5.50. The molecule has 0 N–H and O–H groups in total. The second kappa shape index (κ2) is 7.86. The summed E-state index contributed by atoms with van der Waals surface area (Å²) in [4.78, 5) is 26.5. The van der Waals surface area contributed by atoms with Crippen LogP contribution >= 0.6 is 0 Å². The Morgan fingerprint density at radius 1 is 1.17 bits per heavy atom. The van der Waals surface area contributed by atoms with Gasteiger partial charge in [0.2, 0.25) is 0 Å². The van der Waals surface area contributed by atoms with Gasteiger partial charge in [-0.25, -0.2) is 0 Å². The first-order chi connectivity index (χ1) is 11.6. The third-order valence-electron chi connectivity index (χ3n) is 5.50. The Morgan fingerprint density at radius 3 is 2.50 bits per heavy atom. The van der Waals surface area contributed by atoms with Crippen molar-refractivity contribution in [2.24, 2.45) is 11.8 Å². The second-order valence-corrected chi connectivity index (χ2v) is 7.12. The van der Waals surface area contributed by atoms with E-state index in [1.54, 1.807) is 11.0 Å². The van der Waals surface area contributed by atoms with Gasteiger partial charge in [0.25, 0.3) is 5.91 Å². The Balaban J connectivity index is 1.45. The monoisotopic (exact) mass is 333 g/mol. The van der Waals surface area contributed by atoms with Gasteiger partial charge in [0.1, 0.15) is 12.4 Å². The molecule has 2 fully saturated rings. The summed E-state index contributed by atoms with van der Waals surface area (Å²) in [7, 11) is 0. The van der Waals surface area contributed by atoms with Gasteiger partial charge in [-0.1, -0.05) is 19.3 Å². The summed E-state index contributed by atoms with van der Waals surface area (Å²) in [6.07, 6.45) is 10.5. The Kier molecular flexibility index (Phi) is 5.59. The highest BCUT2D eigenvalue weighted by atomic mass is 16.5. The molecule has 1 amide bonds. The maximum absolute atomic E-state index is 12.4. The molecule has 1 saturated heterocycles. The number of piperidine rings is 1. The lowest BCUT2D eigenvalue weighted by Gasteiger charge is -2.33. The number of carbonyl (C=O) groups excluding carboxylic acids is 2. The number of likely N-dealkylation sites (tertiary alicyclic amines) is 1. The molecule has 1 saturated carbocycles. The van der Waals surface area contributed by atoms with E-state index in [0.717, 1.165) is 0 Å². The van der Waals surface area contributed by atoms with E-state index in [1.807, 2.05) is 6.92 Å². The average molecular weight is 333 g/mol. The Morgan fingerprint density at radius 2 is 1.88 bits per heavy atom. The fraction of sp³-hybridized carbons (Fsp3) is 0.684. The number of ether oxygens (including phenoxy) is 1. The zero-order valence-corrected chi connectivity index (χ0v) is 14.4. The van der Waals surface area contributed by atoms with E-state index < -0.39 is 0 Å². The highest BCUT2D eigenvalue weighted by molar-refractivity contribution is 5.94. The predicted molar refractivity (Wildman–Crippen MR) is 89.5 cm³/mol. The molecular formula is C19H27NO4. The molecule has 2 heterocycles. The highest BCUT2D eigenvalue weighted by Gasteiger charge is 2.31. The van der Waals surface area contributed by atoms with Crippen LogP contribution in [0.15, 0.2) is 23.0 Å². The minimum Gasteiger partial charge on any atom is -0.472 e. The normalized spacial score (nSPS) is 21.5. The van der Waals surface area contributed by atoms with E-state index in [0.29, 0.717) is 37.4 Å². The number of amides is 1. The number of carbonyl (C=O) groups is 2. The standard InChI is InChI=1S/C19H27NO4/c1-14(15-5-3-2-4-6-15)24-19(22)16-7-10-20(11-8-16)18(21)17-9-12-23-13-17/h9,12-16H,2-8,10-11H2,1H3. The van der Waals surface area contributed by atoms with Crippen LogP contribution in [-0.4, -0.2) is 36.0 Å². The van der Waals surface area contributed by atoms with Crippen molar-refractivity contribution >= 4 is 11.9 Å². The van der Waals surface area contributed by atoms with E-state index in [4.69, 9.17) is 9.15 Å². The number of hydrogen-bond donors (Lipinski definition) is 0. The molecular weight excluding hydrogens is 306 g/mol. The molecule has 0 aromatic carbocycles. The van der Waals surface area contributed by atoms with Crippen molar-refractivity contribution in [3.8, 4) is 0 Å². The Hall–Kier alpha value is -1.78. The van der Waals surface area contributed by atoms with Gasteiger partial charge in [0.15, 0.2) is 0 Å². The van der Waals surface area contributed by atoms with Crippen LogP contribution in [-0.2, 0) is 9.53 Å². The third kappa shape index (κ3) is 4.00. The molecule has 5 nitrogen and oxygen atoms in total. The van der Waals surface area contributed by atoms with Crippen LogP contribution in [0.4, 0.5) is 0 Å². The van der Waals surface area contributed by atoms with Crippen molar-refractivity contribution in [2.45, 2.75) is 58.0 Å². The Labute approximate surface area is 143 Å². The topological polar surface area (TPSA) is 59.8 Å². The van der Waals surface area contributed by atoms with Crippen molar-refractivity contribution < 1.29 is 18.7 Å². The summed E-state index contributed by atoms with van der Waals surface area (Å²) in [5.41, 5.74) is 0.571. The molecule has 1 aromatic rings. The molecule has 5 heteroatoms. The molecule has 24 heavy (non-hydrogen) atoms. The lowest BCUT2D eigenvalue weighted by Crippen LogP contribution is -2.41. The lowest BCUT2D eigenvalue weighted by atomic mass is 9.86. The minimum absolute atomic E-state index is 0.0170. The van der Waals surface area contributed by atoms with Crippen LogP contribution in [0.3, 0.4) is 0 Å². The summed E-state index contributed by atoms with van der Waals surface area (Å²) in [6, 6.07) is 1.68. The first-order valence-corrected chi connectivity index (χ1v) is 9.17. The van der Waals surface area contributed by atoms with Crippen molar-refractivity contribution in [2.75, 3.05) is 13.1 Å². The molecule has 1 atom stereocenters. The number of nitrogens with zero attached hydrogens (tertiary/aromatic N) is 1. The van der Waals surface area contributed by atoms with Gasteiger partial charge in [0.05, 0.1) is 17.7 Å². The van der Waals surface area contributed by atoms with Crippen molar-refractivity contribution in [1.82, 2.24) is 4.90 Å². The van der Waals surface area contributed by atoms with Crippen molar-refractivity contribution in [3.05, 3.63) is 24.2 Å². The van der Waals surface area contributed by atoms with Gasteiger partial charge in [-0.05, 0) is 44.6 Å². The largest absolute Gasteiger partial charge is 0.472 e. The van der Waals surface area contributed by atoms with Crippen LogP contribution in [0.5, 0.6) is 0 Å². The summed E-state index contributed by atoms with van der Waals surface area (Å²) in [5.74, 6) is 0.338. The maximum atomic E-state index is 12.4. The second-order valence-electron chi connectivity index (χ2n) is 7.12. The smallest absolute Gasteiger partial charge is 0.309 e. The SMILES string of the molecule is CC(OC(=O)C1CCN(C(=O)c2ccoc2)CC1)C1CCCCC1. The Bertz CT molecular complexity index is 540. The fourth-order valence-electron chi connectivity index (χ4n) is 3.87. The molecule has 1 unspecified atom stereocenters. The predicted octanol–water partition coefficient (Wildman–Crippen LogP) is 3.64. The summed E-state index contributed by atoms with van der Waals surface area (Å²) < 4.78 is 10.7. The van der Waals surface area contributed by atoms with Crippen LogP contribution in [0.25, 0.3) is 0 Å². The quantitative estimate of drug-likeness (QED) is 0.789. The van der Waals surface area contributed by atoms with Crippen LogP contribution in [0, 0.1) is 11.8 Å². The van der Waals surface area contributed by atoms with E-state index >= 15 is 0 Å². The van der Waals surface area contributed by atoms with Crippen LogP contribution in [0.2, 0.25) is 0 Å². The zero-order valence-electron chi connectivity index (χ0n) is 14.4. The number of esters is 1. The average Bonchev–Trinajstić information content (AvgIpc) is 3.16. The van der Waals surface area contributed by atoms with E-state index in [2.05, 4.69) is 0 Å². The molecule has 132 valence electrons. The number of hydrogen-bond acceptors (Lipinski definition) is 4. The molecule has 0 radical (unpaired) electrons. The summed E-state index contributed by atoms with van der Waals surface area (Å²) >= 11 is 0. The van der Waals surface area contributed by atoms with Gasteiger partial charge in [-0.3, -0.25) is 9.59 Å². The van der Waals surface area contributed by atoms with Gasteiger partial charge in [0, 0.05) is 13.1 Å². The molecule has 3 rings (SSSR count). The first-order valence-electron chi connectivity index (χ1n) is 9.17.